The van der Waals surface area contributed by atoms with Gasteiger partial charge in [-0.25, -0.2) is 0 Å². The maximum atomic E-state index is 5.02. The zero-order valence-electron chi connectivity index (χ0n) is 4.85. The smallest absolute Gasteiger partial charge is 0.145 e. The van der Waals surface area contributed by atoms with Crippen LogP contribution in [0.2, 0.25) is 0 Å². The average Bonchev–Trinajstić information content (AvgIpc) is 1.90. The molecule has 1 nitrogen and oxygen atoms in total. The van der Waals surface area contributed by atoms with Gasteiger partial charge >= 0.3 is 0 Å². The second kappa shape index (κ2) is 2.39. The molecule has 0 N–H and O–H groups in total. The van der Waals surface area contributed by atoms with Gasteiger partial charge in [-0.15, -0.1) is 0 Å². The van der Waals surface area contributed by atoms with Crippen molar-refractivity contribution in [2.24, 2.45) is 0 Å². The average molecular weight is 108 g/mol. The predicted molar refractivity (Wildman–Crippen MR) is 32.1 cm³/mol. The number of hydrogen-bond donors (Lipinski definition) is 0. The molecule has 0 amide bonds. The summed E-state index contributed by atoms with van der Waals surface area (Å²) in [4.78, 5) is 0. The van der Waals surface area contributed by atoms with Gasteiger partial charge in [0.2, 0.25) is 0 Å². The van der Waals surface area contributed by atoms with Crippen molar-refractivity contribution in [1.29, 1.82) is 0 Å². The molecule has 0 aromatic heterocycles. The molecule has 0 fully saturated rings. The summed E-state index contributed by atoms with van der Waals surface area (Å²) in [7, 11) is 0. The number of ether oxygens (including phenoxy) is 1. The molecule has 1 heterocycles. The Hall–Kier alpha value is -0.940. The van der Waals surface area contributed by atoms with Gasteiger partial charge in [0.1, 0.15) is 5.76 Å². The van der Waals surface area contributed by atoms with Crippen LogP contribution in [0.25, 0.3) is 0 Å². The summed E-state index contributed by atoms with van der Waals surface area (Å²) in [6, 6.07) is 0. The van der Waals surface area contributed by atoms with Crippen molar-refractivity contribution in [3.63, 3.8) is 0 Å². The topological polar surface area (TPSA) is 9.23 Å². The first-order valence-corrected chi connectivity index (χ1v) is 2.71. The van der Waals surface area contributed by atoms with Crippen molar-refractivity contribution < 1.29 is 4.74 Å². The Morgan fingerprint density at radius 1 is 1.75 bits per heavy atom. The summed E-state index contributed by atoms with van der Waals surface area (Å²) >= 11 is 0. The number of hydrogen-bond acceptors (Lipinski definition) is 1. The van der Waals surface area contributed by atoms with Crippen LogP contribution in [-0.2, 0) is 4.74 Å². The molecule has 0 saturated heterocycles. The standard InChI is InChI=1S/C7H8O/c1-2-7-5-3-4-6-8-7/h3-4,6H,2H2,1H3. The third-order valence-corrected chi connectivity index (χ3v) is 0.951. The maximum Gasteiger partial charge on any atom is 0.145 e. The molecule has 0 aromatic rings. The van der Waals surface area contributed by atoms with Crippen LogP contribution in [0, 0.1) is 0 Å². The van der Waals surface area contributed by atoms with Gasteiger partial charge < -0.3 is 4.74 Å². The zero-order valence-corrected chi connectivity index (χ0v) is 4.85. The molecule has 1 heteroatoms. The van der Waals surface area contributed by atoms with Gasteiger partial charge in [0.15, 0.2) is 0 Å². The van der Waals surface area contributed by atoms with E-state index in [1.54, 1.807) is 6.26 Å². The van der Waals surface area contributed by atoms with Crippen LogP contribution in [0.1, 0.15) is 13.3 Å². The highest BCUT2D eigenvalue weighted by Gasteiger charge is 1.89. The van der Waals surface area contributed by atoms with E-state index in [-0.39, 0.29) is 0 Å². The van der Waals surface area contributed by atoms with E-state index in [0.717, 1.165) is 12.2 Å². The molecule has 1 rings (SSSR count). The van der Waals surface area contributed by atoms with Crippen LogP contribution in [0.5, 0.6) is 0 Å². The van der Waals surface area contributed by atoms with E-state index in [1.165, 1.54) is 0 Å². The lowest BCUT2D eigenvalue weighted by Crippen LogP contribution is -1.82. The highest BCUT2D eigenvalue weighted by atomic mass is 16.5. The lowest BCUT2D eigenvalue weighted by atomic mass is 10.3. The monoisotopic (exact) mass is 108 g/mol. The molecule has 1 aliphatic heterocycles. The molecule has 0 radical (unpaired) electrons. The van der Waals surface area contributed by atoms with Gasteiger partial charge in [-0.3, -0.25) is 0 Å². The van der Waals surface area contributed by atoms with Gasteiger partial charge in [0.05, 0.1) is 6.26 Å². The minimum atomic E-state index is 0.910. The van der Waals surface area contributed by atoms with Crippen molar-refractivity contribution in [3.05, 3.63) is 29.9 Å². The SMILES string of the molecule is CCC1=C=CC=CO1. The van der Waals surface area contributed by atoms with Gasteiger partial charge in [-0.05, 0) is 12.2 Å². The van der Waals surface area contributed by atoms with Crippen LogP contribution < -0.4 is 0 Å². The molecule has 0 aromatic carbocycles. The molecule has 0 spiro atoms. The van der Waals surface area contributed by atoms with E-state index in [2.05, 4.69) is 5.73 Å². The van der Waals surface area contributed by atoms with E-state index in [4.69, 9.17) is 4.74 Å². The van der Waals surface area contributed by atoms with Crippen molar-refractivity contribution in [2.75, 3.05) is 0 Å². The summed E-state index contributed by atoms with van der Waals surface area (Å²) in [6.45, 7) is 2.04. The Morgan fingerprint density at radius 3 is 3.00 bits per heavy atom. The van der Waals surface area contributed by atoms with Crippen LogP contribution in [-0.4, -0.2) is 0 Å². The first-order valence-electron chi connectivity index (χ1n) is 2.71. The molecular weight excluding hydrogens is 100 g/mol. The predicted octanol–water partition coefficient (Wildman–Crippen LogP) is 1.98. The molecule has 0 bridgehead atoms. The second-order valence-electron chi connectivity index (χ2n) is 1.53. The summed E-state index contributed by atoms with van der Waals surface area (Å²) in [5.41, 5.74) is 2.95. The van der Waals surface area contributed by atoms with E-state index >= 15 is 0 Å². The minimum absolute atomic E-state index is 0.910. The minimum Gasteiger partial charge on any atom is -0.461 e. The quantitative estimate of drug-likeness (QED) is 0.467. The van der Waals surface area contributed by atoms with E-state index in [0.29, 0.717) is 0 Å². The summed E-state index contributed by atoms with van der Waals surface area (Å²) in [5.74, 6) is 0.910. The van der Waals surface area contributed by atoms with Crippen molar-refractivity contribution in [3.8, 4) is 0 Å². The first kappa shape index (κ1) is 5.20. The van der Waals surface area contributed by atoms with Gasteiger partial charge in [-0.1, -0.05) is 12.7 Å². The largest absolute Gasteiger partial charge is 0.461 e. The molecular formula is C7H8O. The summed E-state index contributed by atoms with van der Waals surface area (Å²) in [5, 5.41) is 0. The zero-order chi connectivity index (χ0) is 5.82. The fraction of sp³-hybridized carbons (Fsp3) is 0.286. The Morgan fingerprint density at radius 2 is 2.62 bits per heavy atom. The fourth-order valence-corrected chi connectivity index (χ4v) is 0.521. The van der Waals surface area contributed by atoms with Crippen molar-refractivity contribution in [1.82, 2.24) is 0 Å². The molecule has 1 aliphatic rings. The molecule has 0 unspecified atom stereocenters. The molecule has 42 valence electrons. The molecule has 8 heavy (non-hydrogen) atoms. The lowest BCUT2D eigenvalue weighted by molar-refractivity contribution is 0.336. The Labute approximate surface area is 49.0 Å². The Bertz CT molecular complexity index is 159. The van der Waals surface area contributed by atoms with Crippen molar-refractivity contribution >= 4 is 0 Å². The van der Waals surface area contributed by atoms with Crippen LogP contribution in [0.4, 0.5) is 0 Å². The van der Waals surface area contributed by atoms with E-state index < -0.39 is 0 Å². The van der Waals surface area contributed by atoms with E-state index in [9.17, 15) is 0 Å². The summed E-state index contributed by atoms with van der Waals surface area (Å²) < 4.78 is 5.02. The number of rotatable bonds is 1. The normalized spacial score (nSPS) is 15.4. The molecule has 0 saturated carbocycles. The molecule has 0 aliphatic carbocycles. The van der Waals surface area contributed by atoms with Crippen LogP contribution >= 0.6 is 0 Å². The van der Waals surface area contributed by atoms with Gasteiger partial charge in [0, 0.05) is 6.42 Å². The maximum absolute atomic E-state index is 5.02. The third-order valence-electron chi connectivity index (χ3n) is 0.951. The molecule has 0 atom stereocenters. The highest BCUT2D eigenvalue weighted by Crippen LogP contribution is 2.03. The fourth-order valence-electron chi connectivity index (χ4n) is 0.521. The first-order chi connectivity index (χ1) is 3.93. The number of allylic oxidation sites excluding steroid dienone is 2. The van der Waals surface area contributed by atoms with Crippen LogP contribution in [0.15, 0.2) is 29.9 Å². The Kier molecular flexibility index (Phi) is 1.55. The van der Waals surface area contributed by atoms with E-state index in [1.807, 2.05) is 19.1 Å². The second-order valence-corrected chi connectivity index (χ2v) is 1.53. The van der Waals surface area contributed by atoms with Gasteiger partial charge in [0.25, 0.3) is 0 Å². The van der Waals surface area contributed by atoms with Crippen molar-refractivity contribution in [2.45, 2.75) is 13.3 Å². The van der Waals surface area contributed by atoms with Crippen LogP contribution in [0.3, 0.4) is 0 Å². The third kappa shape index (κ3) is 1.02. The lowest BCUT2D eigenvalue weighted by Gasteiger charge is -1.99. The Balaban J connectivity index is 2.69. The summed E-state index contributed by atoms with van der Waals surface area (Å²) in [6.07, 6.45) is 6.25. The highest BCUT2D eigenvalue weighted by molar-refractivity contribution is 5.08. The van der Waals surface area contributed by atoms with Gasteiger partial charge in [-0.2, -0.15) is 0 Å².